The lowest BCUT2D eigenvalue weighted by Crippen LogP contribution is -1.89. The van der Waals surface area contributed by atoms with Gasteiger partial charge in [-0.25, -0.2) is 9.37 Å². The first-order chi connectivity index (χ1) is 6.66. The fourth-order valence-electron chi connectivity index (χ4n) is 1.20. The van der Waals surface area contributed by atoms with Crippen LogP contribution in [0.2, 0.25) is 0 Å². The molecule has 0 N–H and O–H groups in total. The van der Waals surface area contributed by atoms with Crippen LogP contribution in [0, 0.1) is 12.7 Å². The summed E-state index contributed by atoms with van der Waals surface area (Å²) in [4.78, 5) is 4.04. The lowest BCUT2D eigenvalue weighted by Gasteiger charge is -1.98. The maximum absolute atomic E-state index is 13.2. The molecule has 4 heteroatoms. The minimum absolute atomic E-state index is 0.227. The summed E-state index contributed by atoms with van der Waals surface area (Å²) < 4.78 is 14.8. The van der Waals surface area contributed by atoms with Crippen LogP contribution < -0.4 is 0 Å². The number of nitrogens with zero attached hydrogens (tertiary/aromatic N) is 3. The van der Waals surface area contributed by atoms with Crippen LogP contribution >= 0.6 is 0 Å². The van der Waals surface area contributed by atoms with Gasteiger partial charge in [-0.2, -0.15) is 5.10 Å². The van der Waals surface area contributed by atoms with Gasteiger partial charge in [0.05, 0.1) is 0 Å². The van der Waals surface area contributed by atoms with Crippen molar-refractivity contribution >= 4 is 0 Å². The van der Waals surface area contributed by atoms with Crippen LogP contribution in [0.25, 0.3) is 11.4 Å². The Labute approximate surface area is 81.2 Å². The third-order valence-electron chi connectivity index (χ3n) is 2.03. The molecule has 0 saturated heterocycles. The van der Waals surface area contributed by atoms with E-state index in [1.165, 1.54) is 6.07 Å². The molecule has 2 rings (SSSR count). The van der Waals surface area contributed by atoms with E-state index in [1.54, 1.807) is 31.0 Å². The van der Waals surface area contributed by atoms with Crippen molar-refractivity contribution < 1.29 is 4.39 Å². The molecule has 2 aromatic rings. The number of rotatable bonds is 1. The summed E-state index contributed by atoms with van der Waals surface area (Å²) >= 11 is 0. The van der Waals surface area contributed by atoms with E-state index in [0.29, 0.717) is 17.0 Å². The van der Waals surface area contributed by atoms with Crippen LogP contribution in [0.3, 0.4) is 0 Å². The largest absolute Gasteiger partial charge is 0.255 e. The van der Waals surface area contributed by atoms with Crippen molar-refractivity contribution in [3.8, 4) is 11.4 Å². The van der Waals surface area contributed by atoms with E-state index in [4.69, 9.17) is 0 Å². The average Bonchev–Trinajstić information content (AvgIpc) is 2.57. The second-order valence-corrected chi connectivity index (χ2v) is 3.21. The van der Waals surface area contributed by atoms with Crippen LogP contribution in [0.15, 0.2) is 24.5 Å². The molecule has 72 valence electrons. The minimum Gasteiger partial charge on any atom is -0.255 e. The molecular weight excluding hydrogens is 181 g/mol. The molecule has 0 aliphatic carbocycles. The Kier molecular flexibility index (Phi) is 2.04. The molecule has 0 bridgehead atoms. The molecule has 1 heterocycles. The van der Waals surface area contributed by atoms with Crippen molar-refractivity contribution in [1.82, 2.24) is 14.8 Å². The SMILES string of the molecule is Cc1ccc(-c2ncn(C)n2)cc1F. The van der Waals surface area contributed by atoms with Gasteiger partial charge in [-0.15, -0.1) is 0 Å². The Morgan fingerprint density at radius 3 is 2.71 bits per heavy atom. The van der Waals surface area contributed by atoms with E-state index in [1.807, 2.05) is 6.07 Å². The van der Waals surface area contributed by atoms with E-state index in [0.717, 1.165) is 0 Å². The Balaban J connectivity index is 2.47. The van der Waals surface area contributed by atoms with E-state index >= 15 is 0 Å². The van der Waals surface area contributed by atoms with Gasteiger partial charge in [0.15, 0.2) is 5.82 Å². The van der Waals surface area contributed by atoms with E-state index < -0.39 is 0 Å². The maximum Gasteiger partial charge on any atom is 0.181 e. The predicted octanol–water partition coefficient (Wildman–Crippen LogP) is 1.93. The van der Waals surface area contributed by atoms with Gasteiger partial charge in [-0.1, -0.05) is 12.1 Å². The lowest BCUT2D eigenvalue weighted by atomic mass is 10.1. The zero-order valence-corrected chi connectivity index (χ0v) is 8.03. The number of hydrogen-bond donors (Lipinski definition) is 0. The zero-order valence-electron chi connectivity index (χ0n) is 8.03. The standard InChI is InChI=1S/C10H10FN3/c1-7-3-4-8(5-9(7)11)10-12-6-14(2)13-10/h3-6H,1-2H3. The van der Waals surface area contributed by atoms with Crippen LogP contribution in [0.4, 0.5) is 4.39 Å². The summed E-state index contributed by atoms with van der Waals surface area (Å²) in [6.45, 7) is 1.73. The molecule has 0 spiro atoms. The van der Waals surface area contributed by atoms with Gasteiger partial charge >= 0.3 is 0 Å². The second kappa shape index (κ2) is 3.21. The van der Waals surface area contributed by atoms with Gasteiger partial charge in [0.1, 0.15) is 12.1 Å². The zero-order chi connectivity index (χ0) is 10.1. The summed E-state index contributed by atoms with van der Waals surface area (Å²) in [6.07, 6.45) is 1.59. The molecule has 0 saturated carbocycles. The number of hydrogen-bond acceptors (Lipinski definition) is 2. The van der Waals surface area contributed by atoms with Gasteiger partial charge in [-0.05, 0) is 18.6 Å². The quantitative estimate of drug-likeness (QED) is 0.689. The highest BCUT2D eigenvalue weighted by Crippen LogP contribution is 2.17. The van der Waals surface area contributed by atoms with Gasteiger partial charge in [0.25, 0.3) is 0 Å². The smallest absolute Gasteiger partial charge is 0.181 e. The molecule has 0 unspecified atom stereocenters. The minimum atomic E-state index is -0.227. The molecule has 1 aromatic carbocycles. The van der Waals surface area contributed by atoms with Crippen molar-refractivity contribution in [2.24, 2.45) is 7.05 Å². The Hall–Kier alpha value is -1.71. The van der Waals surface area contributed by atoms with Crippen molar-refractivity contribution in [2.75, 3.05) is 0 Å². The topological polar surface area (TPSA) is 30.7 Å². The fraction of sp³-hybridized carbons (Fsp3) is 0.200. The molecule has 1 aromatic heterocycles. The molecule has 14 heavy (non-hydrogen) atoms. The molecular formula is C10H10FN3. The molecule has 0 aliphatic heterocycles. The number of benzene rings is 1. The Morgan fingerprint density at radius 1 is 1.36 bits per heavy atom. The lowest BCUT2D eigenvalue weighted by molar-refractivity contribution is 0.619. The maximum atomic E-state index is 13.2. The number of aromatic nitrogens is 3. The predicted molar refractivity (Wildman–Crippen MR) is 51.1 cm³/mol. The number of halogens is 1. The van der Waals surface area contributed by atoms with E-state index in [-0.39, 0.29) is 5.82 Å². The van der Waals surface area contributed by atoms with E-state index in [9.17, 15) is 4.39 Å². The highest BCUT2D eigenvalue weighted by atomic mass is 19.1. The van der Waals surface area contributed by atoms with Gasteiger partial charge in [0, 0.05) is 12.6 Å². The summed E-state index contributed by atoms with van der Waals surface area (Å²) in [5, 5.41) is 4.09. The molecule has 0 fully saturated rings. The van der Waals surface area contributed by atoms with Crippen LogP contribution in [-0.2, 0) is 7.05 Å². The monoisotopic (exact) mass is 191 g/mol. The molecule has 0 radical (unpaired) electrons. The van der Waals surface area contributed by atoms with E-state index in [2.05, 4.69) is 10.1 Å². The molecule has 0 aliphatic rings. The summed E-state index contributed by atoms with van der Waals surface area (Å²) in [5.41, 5.74) is 1.33. The average molecular weight is 191 g/mol. The van der Waals surface area contributed by atoms with Crippen molar-refractivity contribution in [2.45, 2.75) is 6.92 Å². The van der Waals surface area contributed by atoms with Crippen LogP contribution in [0.5, 0.6) is 0 Å². The van der Waals surface area contributed by atoms with Gasteiger partial charge in [0.2, 0.25) is 0 Å². The molecule has 0 amide bonds. The molecule has 3 nitrogen and oxygen atoms in total. The van der Waals surface area contributed by atoms with Gasteiger partial charge < -0.3 is 0 Å². The highest BCUT2D eigenvalue weighted by molar-refractivity contribution is 5.54. The summed E-state index contributed by atoms with van der Waals surface area (Å²) in [5.74, 6) is 0.321. The van der Waals surface area contributed by atoms with Gasteiger partial charge in [-0.3, -0.25) is 4.68 Å². The third-order valence-corrected chi connectivity index (χ3v) is 2.03. The van der Waals surface area contributed by atoms with Crippen molar-refractivity contribution in [3.05, 3.63) is 35.9 Å². The second-order valence-electron chi connectivity index (χ2n) is 3.21. The first-order valence-electron chi connectivity index (χ1n) is 4.29. The highest BCUT2D eigenvalue weighted by Gasteiger charge is 2.05. The summed E-state index contributed by atoms with van der Waals surface area (Å²) in [6, 6.07) is 4.99. The normalized spacial score (nSPS) is 10.5. The number of aryl methyl sites for hydroxylation is 2. The fourth-order valence-corrected chi connectivity index (χ4v) is 1.20. The van der Waals surface area contributed by atoms with Crippen LogP contribution in [-0.4, -0.2) is 14.8 Å². The van der Waals surface area contributed by atoms with Crippen molar-refractivity contribution in [3.63, 3.8) is 0 Å². The third kappa shape index (κ3) is 1.51. The Morgan fingerprint density at radius 2 is 2.14 bits per heavy atom. The first kappa shape index (κ1) is 8.87. The summed E-state index contributed by atoms with van der Waals surface area (Å²) in [7, 11) is 1.78. The Bertz CT molecular complexity index is 462. The molecule has 0 atom stereocenters. The van der Waals surface area contributed by atoms with Crippen molar-refractivity contribution in [1.29, 1.82) is 0 Å². The van der Waals surface area contributed by atoms with Crippen LogP contribution in [0.1, 0.15) is 5.56 Å². The first-order valence-corrected chi connectivity index (χ1v) is 4.29.